The summed E-state index contributed by atoms with van der Waals surface area (Å²) in [6.07, 6.45) is -6.08. The first-order chi connectivity index (χ1) is 59.3. The normalized spacial score (nSPS) is 13.3. The van der Waals surface area contributed by atoms with E-state index in [9.17, 15) is 107 Å². The SMILES string of the molecule is COCCOCCCC(=O)[C@@H](CCC(=O)NO)NC(=O)[C@H](CCC(=O)NO)CC(=O)[C@@H](CC(C)C)NC(=O)[C@H](CC(=O)O)CC(=O)[C@H](Cc1ccc(O)cc1)NC(C)=O.COCCOCCCC(=O)[C@@H](CCC(=O)OB=N)NC(=O)[C@H](CCC(=O)OCc1ccccc1)CC(=O)[C@@H](CC(C)C)NC(=O)[C@H](CC(=O)O)CC(=O)[C@H](Cc1ccc(O)cc1)NC(C)=O. The summed E-state index contributed by atoms with van der Waals surface area (Å²) in [7, 11) is 3.44. The smallest absolute Gasteiger partial charge is 0.508 e. The Labute approximate surface area is 725 Å². The Morgan fingerprint density at radius 2 is 0.736 bits per heavy atom. The van der Waals surface area contributed by atoms with E-state index < -0.39 is 211 Å². The van der Waals surface area contributed by atoms with Crippen molar-refractivity contribution in [3.05, 3.63) is 95.6 Å². The van der Waals surface area contributed by atoms with E-state index in [2.05, 4.69) is 36.6 Å². The van der Waals surface area contributed by atoms with E-state index in [4.69, 9.17) is 39.4 Å². The molecule has 0 aliphatic carbocycles. The van der Waals surface area contributed by atoms with Gasteiger partial charge in [0, 0.05) is 79.1 Å². The van der Waals surface area contributed by atoms with Crippen molar-refractivity contribution in [2.75, 3.05) is 53.9 Å². The van der Waals surface area contributed by atoms with Gasteiger partial charge in [0.05, 0.1) is 62.1 Å². The van der Waals surface area contributed by atoms with Crippen molar-refractivity contribution < 1.29 is 145 Å². The number of benzene rings is 3. The molecule has 0 saturated carbocycles. The Morgan fingerprint density at radius 3 is 1.10 bits per heavy atom. The molecule has 0 saturated heterocycles. The number of esters is 1. The molecule has 0 fully saturated rings. The third kappa shape index (κ3) is 48.4. The fraction of sp³-hybridized carbons (Fsp3) is 0.576. The zero-order valence-corrected chi connectivity index (χ0v) is 72.0. The summed E-state index contributed by atoms with van der Waals surface area (Å²) in [4.78, 5) is 234. The van der Waals surface area contributed by atoms with Crippen molar-refractivity contribution in [2.45, 2.75) is 226 Å². The van der Waals surface area contributed by atoms with Crippen LogP contribution in [0.25, 0.3) is 0 Å². The number of rotatable bonds is 65. The molecule has 3 rings (SSSR count). The van der Waals surface area contributed by atoms with Crippen molar-refractivity contribution in [1.82, 2.24) is 42.9 Å². The zero-order valence-electron chi connectivity index (χ0n) is 72.0. The number of aromatic hydroxyl groups is 2. The number of carboxylic acid groups (broad SMARTS) is 2. The number of carboxylic acids is 2. The number of carbonyl (C=O) groups excluding carboxylic acids is 16. The third-order valence-corrected chi connectivity index (χ3v) is 19.3. The van der Waals surface area contributed by atoms with Crippen LogP contribution < -0.4 is 42.9 Å². The number of aliphatic carboxylic acids is 2. The molecule has 0 aliphatic rings. The molecule has 0 aliphatic heterocycles. The van der Waals surface area contributed by atoms with Gasteiger partial charge in [0.25, 0.3) is 0 Å². The van der Waals surface area contributed by atoms with E-state index in [0.717, 1.165) is 0 Å². The van der Waals surface area contributed by atoms with Crippen LogP contribution in [0.15, 0.2) is 78.9 Å². The Morgan fingerprint density at radius 1 is 0.384 bits per heavy atom. The van der Waals surface area contributed by atoms with E-state index in [1.165, 1.54) is 75.4 Å². The van der Waals surface area contributed by atoms with Gasteiger partial charge in [0.15, 0.2) is 23.1 Å². The Bertz CT molecular complexity index is 4000. The van der Waals surface area contributed by atoms with E-state index in [1.807, 2.05) is 0 Å². The Kier molecular flexibility index (Phi) is 54.2. The molecule has 690 valence electrons. The minimum Gasteiger partial charge on any atom is -0.508 e. The number of nitrogens with one attached hydrogen (secondary N) is 9. The summed E-state index contributed by atoms with van der Waals surface area (Å²) in [5.41, 5.74) is 4.72. The minimum absolute atomic E-state index is 0.0168. The third-order valence-electron chi connectivity index (χ3n) is 19.3. The Balaban J connectivity index is 0.000000852. The van der Waals surface area contributed by atoms with E-state index >= 15 is 0 Å². The van der Waals surface area contributed by atoms with Crippen LogP contribution in [0.3, 0.4) is 0 Å². The molecule has 8 amide bonds. The second-order valence-corrected chi connectivity index (χ2v) is 30.7. The monoisotopic (exact) mass is 1760 g/mol. The molecule has 15 N–H and O–H groups in total. The second-order valence-electron chi connectivity index (χ2n) is 30.7. The summed E-state index contributed by atoms with van der Waals surface area (Å²) in [5, 5.41) is 79.2. The molecule has 39 nitrogen and oxygen atoms in total. The van der Waals surface area contributed by atoms with Gasteiger partial charge >= 0.3 is 192 Å². The van der Waals surface area contributed by atoms with Crippen LogP contribution in [0.4, 0.5) is 0 Å². The molecular formula is C85H122BN9O30. The first-order valence-electron chi connectivity index (χ1n) is 41.1. The number of hydrogen-bond acceptors (Lipinski definition) is 29. The van der Waals surface area contributed by atoms with Crippen molar-refractivity contribution in [2.24, 2.45) is 35.5 Å². The summed E-state index contributed by atoms with van der Waals surface area (Å²) in [5.74, 6) is -20.4. The summed E-state index contributed by atoms with van der Waals surface area (Å²) in [6.45, 7) is 11.0. The number of ether oxygens (including phenoxy) is 5. The number of amides is 8. The van der Waals surface area contributed by atoms with Crippen LogP contribution in [0.1, 0.15) is 187 Å². The molecule has 0 radical (unpaired) electrons. The van der Waals surface area contributed by atoms with Gasteiger partial charge in [0.2, 0.25) is 41.4 Å². The summed E-state index contributed by atoms with van der Waals surface area (Å²) >= 11 is 0. The molecule has 40 heteroatoms. The number of carbonyl (C=O) groups is 18. The molecule has 125 heavy (non-hydrogen) atoms. The van der Waals surface area contributed by atoms with Gasteiger partial charge in [0.1, 0.15) is 18.1 Å². The van der Waals surface area contributed by atoms with Crippen LogP contribution in [-0.4, -0.2) is 234 Å². The summed E-state index contributed by atoms with van der Waals surface area (Å²) in [6, 6.07) is 13.1. The van der Waals surface area contributed by atoms with Gasteiger partial charge in [-0.05, 0) is 91.3 Å². The van der Waals surface area contributed by atoms with E-state index in [1.54, 1.807) is 70.2 Å². The molecule has 0 spiro atoms. The predicted octanol–water partition coefficient (Wildman–Crippen LogP) is 3.99. The zero-order chi connectivity index (χ0) is 93.5. The van der Waals surface area contributed by atoms with Gasteiger partial charge < -0.3 is 55.9 Å². The molecule has 3 aromatic rings. The average Bonchev–Trinajstić information content (AvgIpc) is 0.854. The molecule has 0 unspecified atom stereocenters. The van der Waals surface area contributed by atoms with Gasteiger partial charge in [-0.2, -0.15) is 0 Å². The van der Waals surface area contributed by atoms with Gasteiger partial charge in [-0.15, -0.1) is 0 Å². The quantitative estimate of drug-likeness (QED) is 0.0125. The van der Waals surface area contributed by atoms with Crippen molar-refractivity contribution in [3.8, 4) is 11.5 Å². The van der Waals surface area contributed by atoms with E-state index in [-0.39, 0.29) is 146 Å². The standard InChI is InChI=1S/C46H63BN4O15.C39H59N5O15/c1-29(2)23-37(51-46(62)34(27-42(57)58)26-41(56)38(49-30(3)52)24-31-12-15-35(53)16-13-31)40(55)25-33(14-18-43(59)65-28-32-9-6-5-7-10-32)45(61)50-36(17-19-44(60)66-47-48)39(54)11-8-20-64-22-21-63-4;1-23(2)18-30(42-39(55)27(22-37(52)53)21-34(49)31(40-24(3)45)19-25-7-10-28(46)11-8-25)33(48)20-26(9-13-35(50)43-56)38(54)41-29(12-14-36(51)44-57)32(47)6-5-15-59-17-16-58-4/h5-7,9-10,12-13,15-16,29,33-34,36-38,48,53H,8,11,14,17-28H2,1-4H3,(H,49,52)(H,50,61)(H,51,62)(H,57,58);7-8,10-11,23,26-27,29-31,46,56-57H,5-6,9,12-22H2,1-4H3,(H,40,45)(H,41,54)(H,42,55)(H,43,50)(H,44,51)(H,52,53)/t33-,34+,36-,37-,38+;26-,27+,29-,30-,31+/m11/s1. The van der Waals surface area contributed by atoms with Crippen LogP contribution >= 0.6 is 0 Å². The molecule has 3 aromatic carbocycles. The predicted molar refractivity (Wildman–Crippen MR) is 444 cm³/mol. The molecule has 10 atom stereocenters. The van der Waals surface area contributed by atoms with Gasteiger partial charge in [-0.25, -0.2) is 11.0 Å². The number of hydrogen-bond donors (Lipinski definition) is 15. The number of Topliss-reactive ketones (excluding diaryl/α,β-unsaturated/α-hetero) is 6. The number of ketones is 6. The van der Waals surface area contributed by atoms with Gasteiger partial charge in [-0.3, -0.25) is 72.7 Å². The van der Waals surface area contributed by atoms with Crippen LogP contribution in [-0.2, 0) is 134 Å². The number of methoxy groups -OCH3 is 2. The van der Waals surface area contributed by atoms with Crippen molar-refractivity contribution in [3.63, 3.8) is 0 Å². The fourth-order valence-corrected chi connectivity index (χ4v) is 12.8. The van der Waals surface area contributed by atoms with Crippen LogP contribution in [0, 0.1) is 40.8 Å². The van der Waals surface area contributed by atoms with Crippen LogP contribution in [0.5, 0.6) is 11.5 Å². The maximum absolute atomic E-state index is 14.2. The topological polar surface area (TPSA) is 604 Å². The first kappa shape index (κ1) is 110. The van der Waals surface area contributed by atoms with E-state index in [0.29, 0.717) is 43.8 Å². The average molecular weight is 1760 g/mol. The van der Waals surface area contributed by atoms with Gasteiger partial charge in [-0.1, -0.05) is 82.3 Å². The summed E-state index contributed by atoms with van der Waals surface area (Å²) < 4.78 is 30.6. The minimum atomic E-state index is -1.49. The molecule has 0 bridgehead atoms. The van der Waals surface area contributed by atoms with Crippen molar-refractivity contribution >= 4 is 113 Å². The maximum atomic E-state index is 14.2. The number of hydroxylamine groups is 2. The van der Waals surface area contributed by atoms with Crippen molar-refractivity contribution in [1.29, 1.82) is 5.31 Å². The molecule has 0 heterocycles. The fourth-order valence-electron chi connectivity index (χ4n) is 12.8. The number of phenols is 2. The second kappa shape index (κ2) is 61.8. The molecular weight excluding hydrogens is 1640 g/mol. The Hall–Kier alpha value is -11.5. The molecule has 0 aromatic heterocycles. The van der Waals surface area contributed by atoms with Crippen LogP contribution in [0.2, 0.25) is 0 Å². The number of phenolic OH excluding ortho intramolecular Hbond substituents is 2. The first-order valence-corrected chi connectivity index (χ1v) is 41.1.